The zero-order valence-electron chi connectivity index (χ0n) is 16.9. The van der Waals surface area contributed by atoms with Gasteiger partial charge < -0.3 is 20.0 Å². The van der Waals surface area contributed by atoms with Crippen LogP contribution in [0.25, 0.3) is 10.9 Å². The molecule has 0 saturated carbocycles. The summed E-state index contributed by atoms with van der Waals surface area (Å²) in [6.07, 6.45) is -0.207. The Balaban J connectivity index is 0.000000396. The average molecular weight is 423 g/mol. The second kappa shape index (κ2) is 9.62. The summed E-state index contributed by atoms with van der Waals surface area (Å²) in [6.45, 7) is 5.09. The maximum atomic E-state index is 11.4. The van der Waals surface area contributed by atoms with Crippen LogP contribution in [0.5, 0.6) is 0 Å². The largest absolute Gasteiger partial charge is 0.490 e. The van der Waals surface area contributed by atoms with Crippen LogP contribution < -0.4 is 10.9 Å². The minimum atomic E-state index is -5.08. The number of aliphatic carboxylic acids is 1. The molecule has 3 rings (SSSR count). The number of halogens is 3. The number of aromatic nitrogens is 2. The molecule has 3 N–H and O–H groups in total. The van der Waals surface area contributed by atoms with Crippen molar-refractivity contribution < 1.29 is 23.1 Å². The fourth-order valence-electron chi connectivity index (χ4n) is 3.06. The average Bonchev–Trinajstić information content (AvgIpc) is 2.96. The van der Waals surface area contributed by atoms with E-state index in [9.17, 15) is 18.0 Å². The summed E-state index contributed by atoms with van der Waals surface area (Å²) in [5.74, 6) is -2.76. The van der Waals surface area contributed by atoms with Crippen LogP contribution in [0.4, 0.5) is 13.2 Å². The quantitative estimate of drug-likeness (QED) is 0.584. The van der Waals surface area contributed by atoms with Gasteiger partial charge in [0.05, 0.1) is 0 Å². The summed E-state index contributed by atoms with van der Waals surface area (Å²) in [5, 5.41) is 12.0. The Hall–Kier alpha value is -3.07. The molecule has 0 fully saturated rings. The number of H-pyrrole nitrogens is 1. The maximum Gasteiger partial charge on any atom is 0.490 e. The fourth-order valence-corrected chi connectivity index (χ4v) is 3.06. The van der Waals surface area contributed by atoms with Crippen molar-refractivity contribution in [2.24, 2.45) is 7.05 Å². The van der Waals surface area contributed by atoms with Crippen molar-refractivity contribution in [1.29, 1.82) is 0 Å². The first-order valence-electron chi connectivity index (χ1n) is 9.25. The molecular weight excluding hydrogens is 399 g/mol. The molecule has 0 aliphatic heterocycles. The number of fused-ring (bicyclic) bond motifs is 1. The molecule has 2 aromatic heterocycles. The lowest BCUT2D eigenvalue weighted by Gasteiger charge is -2.13. The van der Waals surface area contributed by atoms with E-state index in [0.717, 1.165) is 18.5 Å². The predicted octanol–water partition coefficient (Wildman–Crippen LogP) is 3.70. The summed E-state index contributed by atoms with van der Waals surface area (Å²) in [7, 11) is 2.09. The molecule has 0 saturated heterocycles. The lowest BCUT2D eigenvalue weighted by Crippen LogP contribution is -2.22. The number of aromatic amines is 1. The van der Waals surface area contributed by atoms with E-state index in [-0.39, 0.29) is 11.6 Å². The SMILES string of the molecule is Cc1ccc2c(c1)c(CCNC(C)c1cc[nH]c(=O)c1)cn2C.O=C(O)C(F)(F)F. The van der Waals surface area contributed by atoms with E-state index in [0.29, 0.717) is 0 Å². The monoisotopic (exact) mass is 423 g/mol. The van der Waals surface area contributed by atoms with E-state index < -0.39 is 12.1 Å². The van der Waals surface area contributed by atoms with Gasteiger partial charge in [0.1, 0.15) is 0 Å². The van der Waals surface area contributed by atoms with Crippen molar-refractivity contribution in [2.75, 3.05) is 6.54 Å². The van der Waals surface area contributed by atoms with Crippen molar-refractivity contribution in [3.63, 3.8) is 0 Å². The number of carboxylic acids is 1. The van der Waals surface area contributed by atoms with Gasteiger partial charge in [0, 0.05) is 42.5 Å². The van der Waals surface area contributed by atoms with Gasteiger partial charge in [-0.15, -0.1) is 0 Å². The van der Waals surface area contributed by atoms with E-state index >= 15 is 0 Å². The van der Waals surface area contributed by atoms with Gasteiger partial charge in [-0.1, -0.05) is 11.6 Å². The van der Waals surface area contributed by atoms with Crippen LogP contribution in [0.3, 0.4) is 0 Å². The van der Waals surface area contributed by atoms with Crippen molar-refractivity contribution >= 4 is 16.9 Å². The molecule has 30 heavy (non-hydrogen) atoms. The molecule has 0 aliphatic rings. The first kappa shape index (κ1) is 23.2. The molecule has 0 radical (unpaired) electrons. The molecule has 6 nitrogen and oxygen atoms in total. The van der Waals surface area contributed by atoms with Crippen molar-refractivity contribution in [3.05, 3.63) is 69.8 Å². The van der Waals surface area contributed by atoms with Crippen molar-refractivity contribution in [3.8, 4) is 0 Å². The number of nitrogens with one attached hydrogen (secondary N) is 2. The second-order valence-corrected chi connectivity index (χ2v) is 7.00. The van der Waals surface area contributed by atoms with Crippen LogP contribution in [0.15, 0.2) is 47.5 Å². The van der Waals surface area contributed by atoms with Gasteiger partial charge in [0.25, 0.3) is 0 Å². The lowest BCUT2D eigenvalue weighted by atomic mass is 10.1. The third-order valence-corrected chi connectivity index (χ3v) is 4.61. The zero-order chi connectivity index (χ0) is 22.5. The number of nitrogens with zero attached hydrogens (tertiary/aromatic N) is 1. The standard InChI is InChI=1S/C19H23N3O.C2HF3O2/c1-13-4-5-18-17(10-13)16(12-22(18)3)7-8-20-14(2)15-6-9-21-19(23)11-15;3-2(4,5)1(6)7/h4-6,9-12,14,20H,7-8H2,1-3H3,(H,21,23);(H,6,7). The highest BCUT2D eigenvalue weighted by molar-refractivity contribution is 5.84. The minimum Gasteiger partial charge on any atom is -0.475 e. The van der Waals surface area contributed by atoms with Gasteiger partial charge in [-0.25, -0.2) is 4.79 Å². The van der Waals surface area contributed by atoms with E-state index in [1.54, 1.807) is 12.3 Å². The van der Waals surface area contributed by atoms with Crippen LogP contribution in [-0.2, 0) is 18.3 Å². The van der Waals surface area contributed by atoms with Gasteiger partial charge in [0.15, 0.2) is 0 Å². The summed E-state index contributed by atoms with van der Waals surface area (Å²) in [5.41, 5.74) is 4.88. The molecule has 0 aliphatic carbocycles. The molecule has 162 valence electrons. The Morgan fingerprint density at radius 2 is 1.93 bits per heavy atom. The third kappa shape index (κ3) is 6.21. The Morgan fingerprint density at radius 1 is 1.27 bits per heavy atom. The summed E-state index contributed by atoms with van der Waals surface area (Å²) >= 11 is 0. The second-order valence-electron chi connectivity index (χ2n) is 7.00. The molecule has 1 atom stereocenters. The van der Waals surface area contributed by atoms with Gasteiger partial charge in [0.2, 0.25) is 5.56 Å². The van der Waals surface area contributed by atoms with E-state index in [2.05, 4.69) is 60.2 Å². The Morgan fingerprint density at radius 3 is 2.53 bits per heavy atom. The highest BCUT2D eigenvalue weighted by Crippen LogP contribution is 2.22. The van der Waals surface area contributed by atoms with Crippen molar-refractivity contribution in [2.45, 2.75) is 32.5 Å². The van der Waals surface area contributed by atoms with Crippen LogP contribution in [0.2, 0.25) is 0 Å². The molecule has 9 heteroatoms. The van der Waals surface area contributed by atoms with E-state index in [4.69, 9.17) is 9.90 Å². The van der Waals surface area contributed by atoms with Crippen LogP contribution in [-0.4, -0.2) is 33.3 Å². The van der Waals surface area contributed by atoms with E-state index in [1.165, 1.54) is 22.0 Å². The van der Waals surface area contributed by atoms with E-state index in [1.807, 2.05) is 6.07 Å². The minimum absolute atomic E-state index is 0.0549. The van der Waals surface area contributed by atoms with Gasteiger partial charge in [-0.2, -0.15) is 13.2 Å². The summed E-state index contributed by atoms with van der Waals surface area (Å²) in [6, 6.07) is 10.3. The Labute approximate surface area is 171 Å². The van der Waals surface area contributed by atoms with Gasteiger partial charge in [-0.05, 0) is 56.1 Å². The number of carboxylic acid groups (broad SMARTS) is 1. The predicted molar refractivity (Wildman–Crippen MR) is 109 cm³/mol. The molecule has 1 aromatic carbocycles. The van der Waals surface area contributed by atoms with Crippen LogP contribution >= 0.6 is 0 Å². The van der Waals surface area contributed by atoms with Crippen LogP contribution in [0, 0.1) is 6.92 Å². The highest BCUT2D eigenvalue weighted by atomic mass is 19.4. The Kier molecular flexibility index (Phi) is 7.44. The number of carbonyl (C=O) groups is 1. The molecule has 1 unspecified atom stereocenters. The fraction of sp³-hybridized carbons (Fsp3) is 0.333. The number of benzene rings is 1. The van der Waals surface area contributed by atoms with Gasteiger partial charge in [-0.3, -0.25) is 4.79 Å². The number of pyridine rings is 1. The molecule has 0 amide bonds. The van der Waals surface area contributed by atoms with Crippen molar-refractivity contribution in [1.82, 2.24) is 14.9 Å². The lowest BCUT2D eigenvalue weighted by molar-refractivity contribution is -0.192. The first-order valence-corrected chi connectivity index (χ1v) is 9.25. The zero-order valence-corrected chi connectivity index (χ0v) is 16.9. The number of hydrogen-bond donors (Lipinski definition) is 3. The molecular formula is C21H24F3N3O3. The first-order chi connectivity index (χ1) is 14.0. The third-order valence-electron chi connectivity index (χ3n) is 4.61. The molecule has 3 aromatic rings. The normalized spacial score (nSPS) is 12.3. The highest BCUT2D eigenvalue weighted by Gasteiger charge is 2.38. The number of rotatable bonds is 5. The smallest absolute Gasteiger partial charge is 0.475 e. The number of alkyl halides is 3. The molecule has 0 spiro atoms. The Bertz CT molecular complexity index is 1070. The topological polar surface area (TPSA) is 87.1 Å². The number of aryl methyl sites for hydroxylation is 2. The molecule has 2 heterocycles. The number of hydrogen-bond acceptors (Lipinski definition) is 3. The van der Waals surface area contributed by atoms with Gasteiger partial charge >= 0.3 is 12.1 Å². The maximum absolute atomic E-state index is 11.4. The summed E-state index contributed by atoms with van der Waals surface area (Å²) < 4.78 is 33.9. The van der Waals surface area contributed by atoms with Crippen LogP contribution in [0.1, 0.15) is 29.7 Å². The summed E-state index contributed by atoms with van der Waals surface area (Å²) in [4.78, 5) is 22.9. The molecule has 0 bridgehead atoms.